The van der Waals surface area contributed by atoms with Gasteiger partial charge in [0.15, 0.2) is 11.5 Å². The van der Waals surface area contributed by atoms with E-state index in [4.69, 9.17) is 4.74 Å². The van der Waals surface area contributed by atoms with E-state index in [1.807, 2.05) is 0 Å². The number of nitrogens with one attached hydrogen (secondary N) is 1. The van der Waals surface area contributed by atoms with Gasteiger partial charge in [-0.1, -0.05) is 45.1 Å². The number of aromatic nitrogens is 1. The fraction of sp³-hybridized carbons (Fsp3) is 0.190. The number of hydrogen-bond acceptors (Lipinski definition) is 7. The SMILES string of the molecule is COc1cc([C@@H]2c3sc(=O)[nH]c3S[C@H]3C(=O)N(c4ccc(Br)cc4)C(=O)[C@@H]23)ccc1O. The number of halogens is 1. The summed E-state index contributed by atoms with van der Waals surface area (Å²) in [6.07, 6.45) is 0. The lowest BCUT2D eigenvalue weighted by molar-refractivity contribution is -0.122. The van der Waals surface area contributed by atoms with Gasteiger partial charge in [0.25, 0.3) is 0 Å². The molecule has 0 aliphatic carbocycles. The topological polar surface area (TPSA) is 99.7 Å². The smallest absolute Gasteiger partial charge is 0.305 e. The molecule has 0 bridgehead atoms. The molecule has 0 radical (unpaired) electrons. The monoisotopic (exact) mass is 518 g/mol. The maximum atomic E-state index is 13.6. The molecule has 5 rings (SSSR count). The van der Waals surface area contributed by atoms with Crippen LogP contribution in [0.5, 0.6) is 11.5 Å². The number of H-pyrrole nitrogens is 1. The Morgan fingerprint density at radius 3 is 2.55 bits per heavy atom. The van der Waals surface area contributed by atoms with Crippen molar-refractivity contribution in [2.24, 2.45) is 5.92 Å². The molecule has 0 unspecified atom stereocenters. The average molecular weight is 519 g/mol. The zero-order chi connectivity index (χ0) is 21.9. The Labute approximate surface area is 193 Å². The van der Waals surface area contributed by atoms with Gasteiger partial charge in [0.1, 0.15) is 5.25 Å². The minimum Gasteiger partial charge on any atom is -0.504 e. The molecule has 3 aromatic rings. The van der Waals surface area contributed by atoms with Gasteiger partial charge in [-0.3, -0.25) is 14.4 Å². The molecular formula is C21H15BrN2O5S2. The first-order chi connectivity index (χ1) is 14.9. The number of fused-ring (bicyclic) bond motifs is 2. The van der Waals surface area contributed by atoms with E-state index in [1.54, 1.807) is 36.4 Å². The van der Waals surface area contributed by atoms with Crippen LogP contribution in [0.3, 0.4) is 0 Å². The number of thioether (sulfide) groups is 1. The van der Waals surface area contributed by atoms with Gasteiger partial charge in [0.2, 0.25) is 11.8 Å². The molecule has 0 spiro atoms. The minimum atomic E-state index is -0.686. The summed E-state index contributed by atoms with van der Waals surface area (Å²) in [7, 11) is 1.44. The predicted octanol–water partition coefficient (Wildman–Crippen LogP) is 3.71. The summed E-state index contributed by atoms with van der Waals surface area (Å²) in [6.45, 7) is 0. The quantitative estimate of drug-likeness (QED) is 0.512. The summed E-state index contributed by atoms with van der Waals surface area (Å²) in [5.74, 6) is -1.59. The Balaban J connectivity index is 1.66. The summed E-state index contributed by atoms with van der Waals surface area (Å²) in [5, 5.41) is 9.95. The van der Waals surface area contributed by atoms with Crippen LogP contribution in [0.4, 0.5) is 5.69 Å². The van der Waals surface area contributed by atoms with Crippen LogP contribution in [0.2, 0.25) is 0 Å². The number of benzene rings is 2. The normalized spacial score (nSPS) is 22.4. The molecule has 2 aliphatic rings. The third-order valence-electron chi connectivity index (χ3n) is 5.47. The van der Waals surface area contributed by atoms with Gasteiger partial charge in [0, 0.05) is 15.3 Å². The van der Waals surface area contributed by atoms with Crippen molar-refractivity contribution in [3.05, 3.63) is 67.0 Å². The van der Waals surface area contributed by atoms with Gasteiger partial charge in [-0.05, 0) is 42.0 Å². The molecule has 2 N–H and O–H groups in total. The summed E-state index contributed by atoms with van der Waals surface area (Å²) >= 11 is 5.63. The maximum Gasteiger partial charge on any atom is 0.305 e. The van der Waals surface area contributed by atoms with Crippen LogP contribution in [0.1, 0.15) is 16.4 Å². The van der Waals surface area contributed by atoms with Crippen molar-refractivity contribution in [2.45, 2.75) is 16.2 Å². The number of phenols is 1. The highest BCUT2D eigenvalue weighted by Gasteiger charge is 2.56. The van der Waals surface area contributed by atoms with Crippen LogP contribution in [0, 0.1) is 5.92 Å². The van der Waals surface area contributed by atoms with Crippen molar-refractivity contribution in [3.63, 3.8) is 0 Å². The van der Waals surface area contributed by atoms with Crippen LogP contribution in [-0.4, -0.2) is 34.3 Å². The van der Waals surface area contributed by atoms with E-state index < -0.39 is 17.1 Å². The number of carbonyl (C=O) groups excluding carboxylic acids is 2. The first-order valence-electron chi connectivity index (χ1n) is 9.29. The number of anilines is 1. The van der Waals surface area contributed by atoms with Gasteiger partial charge in [-0.15, -0.1) is 0 Å². The van der Waals surface area contributed by atoms with E-state index in [-0.39, 0.29) is 28.2 Å². The highest BCUT2D eigenvalue weighted by atomic mass is 79.9. The third kappa shape index (κ3) is 3.20. The summed E-state index contributed by atoms with van der Waals surface area (Å²) < 4.78 is 6.09. The Bertz CT molecular complexity index is 1270. The van der Waals surface area contributed by atoms with Crippen molar-refractivity contribution in [3.8, 4) is 11.5 Å². The maximum absolute atomic E-state index is 13.6. The zero-order valence-corrected chi connectivity index (χ0v) is 19.2. The first kappa shape index (κ1) is 20.3. The number of methoxy groups -OCH3 is 1. The van der Waals surface area contributed by atoms with Crippen molar-refractivity contribution >= 4 is 56.5 Å². The highest BCUT2D eigenvalue weighted by Crippen LogP contribution is 2.53. The molecule has 1 aromatic heterocycles. The molecule has 3 atom stereocenters. The average Bonchev–Trinajstić information content (AvgIpc) is 3.24. The van der Waals surface area contributed by atoms with E-state index in [1.165, 1.54) is 29.8 Å². The fourth-order valence-corrected chi connectivity index (χ4v) is 6.89. The lowest BCUT2D eigenvalue weighted by atomic mass is 9.83. The van der Waals surface area contributed by atoms with Gasteiger partial charge in [0.05, 0.1) is 23.7 Å². The molecule has 2 aromatic carbocycles. The Kier molecular flexibility index (Phi) is 4.95. The molecule has 1 fully saturated rings. The predicted molar refractivity (Wildman–Crippen MR) is 121 cm³/mol. The van der Waals surface area contributed by atoms with Crippen LogP contribution < -0.4 is 14.5 Å². The van der Waals surface area contributed by atoms with Gasteiger partial charge >= 0.3 is 4.87 Å². The number of phenolic OH excluding ortho intramolecular Hbond substituents is 1. The number of hydrogen-bond donors (Lipinski definition) is 2. The molecule has 31 heavy (non-hydrogen) atoms. The van der Waals surface area contributed by atoms with Crippen molar-refractivity contribution < 1.29 is 19.4 Å². The van der Waals surface area contributed by atoms with E-state index in [9.17, 15) is 19.5 Å². The number of ether oxygens (including phenoxy) is 1. The van der Waals surface area contributed by atoms with E-state index >= 15 is 0 Å². The molecule has 0 saturated carbocycles. The third-order valence-corrected chi connectivity index (χ3v) is 8.40. The molecule has 10 heteroatoms. The van der Waals surface area contributed by atoms with Gasteiger partial charge in [-0.25, -0.2) is 4.90 Å². The van der Waals surface area contributed by atoms with Crippen molar-refractivity contribution in [2.75, 3.05) is 12.0 Å². The van der Waals surface area contributed by atoms with Crippen molar-refractivity contribution in [1.29, 1.82) is 0 Å². The number of nitrogens with zero attached hydrogens (tertiary/aromatic N) is 1. The standard InChI is InChI=1S/C21H15BrN2O5S2/c1-29-13-8-9(2-7-12(13)25)14-15-17(30-18-16(14)31-21(28)23-18)20(27)24(19(15)26)11-5-3-10(22)4-6-11/h2-8,14-15,17,25H,1H3,(H,23,28)/t14-,15-,17+/m0/s1. The number of rotatable bonds is 3. The fourth-order valence-electron chi connectivity index (χ4n) is 4.11. The largest absolute Gasteiger partial charge is 0.504 e. The second-order valence-corrected chi connectivity index (χ2v) is 10.3. The molecule has 3 heterocycles. The Hall–Kier alpha value is -2.56. The van der Waals surface area contributed by atoms with Gasteiger partial charge < -0.3 is 14.8 Å². The molecule has 7 nitrogen and oxygen atoms in total. The van der Waals surface area contributed by atoms with Crippen LogP contribution in [0.15, 0.2) is 56.8 Å². The number of imide groups is 1. The first-order valence-corrected chi connectivity index (χ1v) is 11.8. The summed E-state index contributed by atoms with van der Waals surface area (Å²) in [5.41, 5.74) is 1.20. The number of carbonyl (C=O) groups is 2. The zero-order valence-electron chi connectivity index (χ0n) is 16.0. The van der Waals surface area contributed by atoms with Crippen LogP contribution >= 0.6 is 39.0 Å². The number of amides is 2. The second-order valence-electron chi connectivity index (χ2n) is 7.17. The molecule has 2 amide bonds. The number of aromatic hydroxyl groups is 1. The Morgan fingerprint density at radius 2 is 1.84 bits per heavy atom. The highest BCUT2D eigenvalue weighted by molar-refractivity contribution is 9.10. The second kappa shape index (κ2) is 7.54. The number of aromatic amines is 1. The van der Waals surface area contributed by atoms with E-state index in [2.05, 4.69) is 20.9 Å². The van der Waals surface area contributed by atoms with E-state index in [0.29, 0.717) is 21.2 Å². The van der Waals surface area contributed by atoms with Crippen LogP contribution in [-0.2, 0) is 9.59 Å². The molecule has 1 saturated heterocycles. The lowest BCUT2D eigenvalue weighted by Crippen LogP contribution is -2.32. The molecule has 158 valence electrons. The van der Waals surface area contributed by atoms with Crippen molar-refractivity contribution in [1.82, 2.24) is 4.98 Å². The molecular weight excluding hydrogens is 504 g/mol. The minimum absolute atomic E-state index is 0.0271. The van der Waals surface area contributed by atoms with E-state index in [0.717, 1.165) is 15.8 Å². The lowest BCUT2D eigenvalue weighted by Gasteiger charge is -2.30. The van der Waals surface area contributed by atoms with Gasteiger partial charge in [-0.2, -0.15) is 0 Å². The molecule has 2 aliphatic heterocycles. The number of thiazole rings is 1. The summed E-state index contributed by atoms with van der Waals surface area (Å²) in [4.78, 5) is 43.5. The Morgan fingerprint density at radius 1 is 1.10 bits per heavy atom. The summed E-state index contributed by atoms with van der Waals surface area (Å²) in [6, 6.07) is 11.8. The van der Waals surface area contributed by atoms with Crippen LogP contribution in [0.25, 0.3) is 0 Å².